The quantitative estimate of drug-likeness (QED) is 0.301. The van der Waals surface area contributed by atoms with Crippen LogP contribution in [0.2, 0.25) is 0 Å². The Morgan fingerprint density at radius 1 is 1.75 bits per heavy atom. The topological polar surface area (TPSA) is 20.2 Å². The van der Waals surface area contributed by atoms with Crippen LogP contribution in [0.5, 0.6) is 0 Å². The minimum Gasteiger partial charge on any atom is -0.397 e. The van der Waals surface area contributed by atoms with Crippen molar-refractivity contribution in [1.82, 2.24) is 0 Å². The number of aliphatic hydroxyl groups excluding tert-OH is 1. The number of hydrogen-bond donors (Lipinski definition) is 1. The predicted octanol–water partition coefficient (Wildman–Crippen LogP) is -3.00. The molecular weight excluding hydrogens is 63.0 g/mol. The SMILES string of the molecule is CCO.[Na+]. The molecule has 0 unspecified atom stereocenters. The van der Waals surface area contributed by atoms with Crippen LogP contribution in [0.15, 0.2) is 0 Å². The summed E-state index contributed by atoms with van der Waals surface area (Å²) < 4.78 is 0. The van der Waals surface area contributed by atoms with Crippen molar-refractivity contribution in [2.45, 2.75) is 6.92 Å². The summed E-state index contributed by atoms with van der Waals surface area (Å²) in [5, 5.41) is 7.57. The van der Waals surface area contributed by atoms with Crippen LogP contribution < -0.4 is 29.6 Å². The molecule has 0 aromatic heterocycles. The van der Waals surface area contributed by atoms with Gasteiger partial charge in [0.25, 0.3) is 0 Å². The summed E-state index contributed by atoms with van der Waals surface area (Å²) in [5.74, 6) is 0. The maximum atomic E-state index is 7.57. The van der Waals surface area contributed by atoms with Crippen LogP contribution in [-0.4, -0.2) is 11.7 Å². The van der Waals surface area contributed by atoms with Crippen LogP contribution in [0.25, 0.3) is 0 Å². The molecule has 1 nitrogen and oxygen atoms in total. The van der Waals surface area contributed by atoms with Crippen molar-refractivity contribution in [3.8, 4) is 0 Å². The van der Waals surface area contributed by atoms with Crippen LogP contribution in [0, 0.1) is 0 Å². The smallest absolute Gasteiger partial charge is 0.397 e. The van der Waals surface area contributed by atoms with Crippen molar-refractivity contribution in [3.05, 3.63) is 0 Å². The van der Waals surface area contributed by atoms with E-state index in [1.165, 1.54) is 0 Å². The second kappa shape index (κ2) is 9.03. The van der Waals surface area contributed by atoms with Gasteiger partial charge in [-0.3, -0.25) is 0 Å². The molecule has 0 amide bonds. The minimum absolute atomic E-state index is 0. The van der Waals surface area contributed by atoms with E-state index in [1.807, 2.05) is 0 Å². The first kappa shape index (κ1) is 8.88. The Bertz CT molecular complexity index is 6.00. The van der Waals surface area contributed by atoms with Crippen molar-refractivity contribution in [1.29, 1.82) is 0 Å². The van der Waals surface area contributed by atoms with Gasteiger partial charge in [0, 0.05) is 6.61 Å². The first-order valence-electron chi connectivity index (χ1n) is 1.02. The Morgan fingerprint density at radius 3 is 1.75 bits per heavy atom. The molecule has 20 valence electrons. The van der Waals surface area contributed by atoms with Gasteiger partial charge in [0.1, 0.15) is 0 Å². The summed E-state index contributed by atoms with van der Waals surface area (Å²) in [4.78, 5) is 0. The third-order valence-electron chi connectivity index (χ3n) is 0. The molecule has 2 heteroatoms. The predicted molar refractivity (Wildman–Crippen MR) is 12.8 cm³/mol. The summed E-state index contributed by atoms with van der Waals surface area (Å²) >= 11 is 0. The van der Waals surface area contributed by atoms with Crippen molar-refractivity contribution in [2.24, 2.45) is 0 Å². The number of aliphatic hydroxyl groups is 1. The van der Waals surface area contributed by atoms with E-state index in [0.717, 1.165) is 0 Å². The summed E-state index contributed by atoms with van der Waals surface area (Å²) in [7, 11) is 0. The zero-order valence-corrected chi connectivity index (χ0v) is 5.15. The van der Waals surface area contributed by atoms with E-state index in [4.69, 9.17) is 5.11 Å². The fraction of sp³-hybridized carbons (Fsp3) is 1.00. The molecule has 0 heterocycles. The summed E-state index contributed by atoms with van der Waals surface area (Å²) in [5.41, 5.74) is 0. The summed E-state index contributed by atoms with van der Waals surface area (Å²) in [6.07, 6.45) is 0. The number of rotatable bonds is 0. The molecule has 0 aliphatic rings. The van der Waals surface area contributed by atoms with Gasteiger partial charge in [-0.1, -0.05) is 0 Å². The molecule has 0 rings (SSSR count). The van der Waals surface area contributed by atoms with Gasteiger partial charge in [0.15, 0.2) is 0 Å². The van der Waals surface area contributed by atoms with E-state index in [0.29, 0.717) is 0 Å². The minimum atomic E-state index is 0. The van der Waals surface area contributed by atoms with Gasteiger partial charge in [-0.15, -0.1) is 0 Å². The number of hydrogen-bond acceptors (Lipinski definition) is 1. The summed E-state index contributed by atoms with van der Waals surface area (Å²) in [6, 6.07) is 0. The van der Waals surface area contributed by atoms with Gasteiger partial charge in [-0.25, -0.2) is 0 Å². The van der Waals surface area contributed by atoms with Crippen LogP contribution in [0.1, 0.15) is 6.92 Å². The molecule has 0 saturated carbocycles. The van der Waals surface area contributed by atoms with E-state index in [1.54, 1.807) is 6.92 Å². The Morgan fingerprint density at radius 2 is 1.75 bits per heavy atom. The van der Waals surface area contributed by atoms with Crippen LogP contribution in [-0.2, 0) is 0 Å². The van der Waals surface area contributed by atoms with Crippen LogP contribution in [0.4, 0.5) is 0 Å². The summed E-state index contributed by atoms with van der Waals surface area (Å²) in [6.45, 7) is 1.93. The normalized spacial score (nSPS) is 4.50. The van der Waals surface area contributed by atoms with Crippen LogP contribution >= 0.6 is 0 Å². The van der Waals surface area contributed by atoms with Crippen molar-refractivity contribution in [3.63, 3.8) is 0 Å². The van der Waals surface area contributed by atoms with E-state index >= 15 is 0 Å². The standard InChI is InChI=1S/C2H6O.Na/c1-2-3;/h3H,2H2,1H3;/q;+1. The first-order chi connectivity index (χ1) is 1.41. The van der Waals surface area contributed by atoms with E-state index in [-0.39, 0.29) is 36.2 Å². The molecule has 0 aliphatic heterocycles. The largest absolute Gasteiger partial charge is 1.00 e. The van der Waals surface area contributed by atoms with E-state index in [2.05, 4.69) is 0 Å². The monoisotopic (exact) mass is 69.0 g/mol. The third kappa shape index (κ3) is 12.3. The maximum absolute atomic E-state index is 7.57. The van der Waals surface area contributed by atoms with Gasteiger partial charge in [0.2, 0.25) is 0 Å². The average Bonchev–Trinajstić information content (AvgIpc) is 0.918. The Labute approximate surface area is 48.3 Å². The Kier molecular flexibility index (Phi) is 20.0. The molecule has 0 aromatic carbocycles. The van der Waals surface area contributed by atoms with E-state index < -0.39 is 0 Å². The molecule has 0 saturated heterocycles. The molecule has 0 aliphatic carbocycles. The molecule has 0 atom stereocenters. The second-order valence-corrected chi connectivity index (χ2v) is 0.316. The molecule has 0 fully saturated rings. The molecule has 0 aromatic rings. The van der Waals surface area contributed by atoms with Crippen molar-refractivity contribution < 1.29 is 34.7 Å². The fourth-order valence-electron chi connectivity index (χ4n) is 0. The molecular formula is C2H6NaO+. The van der Waals surface area contributed by atoms with Gasteiger partial charge in [0.05, 0.1) is 0 Å². The fourth-order valence-corrected chi connectivity index (χ4v) is 0. The third-order valence-corrected chi connectivity index (χ3v) is 0. The zero-order valence-electron chi connectivity index (χ0n) is 3.15. The van der Waals surface area contributed by atoms with Gasteiger partial charge in [-0.05, 0) is 6.92 Å². The van der Waals surface area contributed by atoms with Gasteiger partial charge in [-0.2, -0.15) is 0 Å². The Balaban J connectivity index is 0. The van der Waals surface area contributed by atoms with Gasteiger partial charge < -0.3 is 5.11 Å². The molecule has 1 N–H and O–H groups in total. The molecule has 0 bridgehead atoms. The van der Waals surface area contributed by atoms with E-state index in [9.17, 15) is 0 Å². The second-order valence-electron chi connectivity index (χ2n) is 0.316. The maximum Gasteiger partial charge on any atom is 1.00 e. The van der Waals surface area contributed by atoms with Gasteiger partial charge >= 0.3 is 29.6 Å². The molecule has 0 radical (unpaired) electrons. The molecule has 4 heavy (non-hydrogen) atoms. The molecule has 0 spiro atoms. The van der Waals surface area contributed by atoms with Crippen molar-refractivity contribution >= 4 is 0 Å². The average molecular weight is 69.1 g/mol. The first-order valence-corrected chi connectivity index (χ1v) is 1.02. The van der Waals surface area contributed by atoms with Crippen LogP contribution in [0.3, 0.4) is 0 Å². The van der Waals surface area contributed by atoms with Crippen molar-refractivity contribution in [2.75, 3.05) is 6.61 Å². The zero-order chi connectivity index (χ0) is 2.71. The Hall–Kier alpha value is 0.960.